The number of nitrogens with two attached hydrogens (primary N) is 1. The molecule has 0 rings (SSSR count). The fraction of sp³-hybridized carbons (Fsp3) is 0.667. The third kappa shape index (κ3) is 3.27. The van der Waals surface area contributed by atoms with Gasteiger partial charge in [0, 0.05) is 6.54 Å². The van der Waals surface area contributed by atoms with Crippen molar-refractivity contribution in [2.24, 2.45) is 10.8 Å². The van der Waals surface area contributed by atoms with Crippen molar-refractivity contribution in [2.45, 2.75) is 6.92 Å². The summed E-state index contributed by atoms with van der Waals surface area (Å²) >= 11 is 0. The highest BCUT2D eigenvalue weighted by Gasteiger charge is 1.58. The van der Waals surface area contributed by atoms with Crippen molar-refractivity contribution in [3.8, 4) is 0 Å². The molecule has 0 spiro atoms. The molecule has 0 saturated carbocycles. The van der Waals surface area contributed by atoms with Crippen LogP contribution in [0.5, 0.6) is 0 Å². The molecular formula is C3H9N3. The van der Waals surface area contributed by atoms with Gasteiger partial charge in [-0.2, -0.15) is 5.10 Å². The number of hydrazone groups is 1. The first kappa shape index (κ1) is 5.27. The van der Waals surface area contributed by atoms with Crippen LogP contribution in [0.1, 0.15) is 6.92 Å². The predicted octanol–water partition coefficient (Wildman–Crippen LogP) is -0.502. The lowest BCUT2D eigenvalue weighted by Gasteiger charge is -1.85. The molecule has 0 unspecified atom stereocenters. The molecule has 36 valence electrons. The maximum absolute atomic E-state index is 4.86. The van der Waals surface area contributed by atoms with Gasteiger partial charge in [0.15, 0.2) is 0 Å². The van der Waals surface area contributed by atoms with Crippen molar-refractivity contribution in [2.75, 3.05) is 6.54 Å². The van der Waals surface area contributed by atoms with E-state index in [1.54, 1.807) is 0 Å². The second kappa shape index (κ2) is 4.27. The molecule has 0 aliphatic heterocycles. The molecule has 0 aliphatic carbocycles. The molecule has 0 aliphatic rings. The van der Waals surface area contributed by atoms with E-state index in [0.717, 1.165) is 6.54 Å². The second-order valence-corrected chi connectivity index (χ2v) is 0.790. The maximum atomic E-state index is 4.86. The zero-order valence-electron chi connectivity index (χ0n) is 3.81. The summed E-state index contributed by atoms with van der Waals surface area (Å²) < 4.78 is 0. The van der Waals surface area contributed by atoms with Crippen LogP contribution in [0.25, 0.3) is 0 Å². The first-order chi connectivity index (χ1) is 2.91. The van der Waals surface area contributed by atoms with Crippen LogP contribution in [0.3, 0.4) is 0 Å². The summed E-state index contributed by atoms with van der Waals surface area (Å²) in [6.45, 7) is 2.78. The van der Waals surface area contributed by atoms with Gasteiger partial charge >= 0.3 is 0 Å². The van der Waals surface area contributed by atoms with Crippen LogP contribution >= 0.6 is 0 Å². The van der Waals surface area contributed by atoms with Crippen LogP contribution in [-0.2, 0) is 0 Å². The van der Waals surface area contributed by atoms with Gasteiger partial charge in [0.05, 0.1) is 0 Å². The summed E-state index contributed by atoms with van der Waals surface area (Å²) in [5.41, 5.74) is 7.50. The lowest BCUT2D eigenvalue weighted by molar-refractivity contribution is 0.786. The Morgan fingerprint density at radius 2 is 2.67 bits per heavy atom. The Hall–Kier alpha value is -0.730. The second-order valence-electron chi connectivity index (χ2n) is 0.790. The third-order valence-electron chi connectivity index (χ3n) is 0.324. The van der Waals surface area contributed by atoms with Crippen molar-refractivity contribution < 1.29 is 0 Å². The Kier molecular flexibility index (Phi) is 3.75. The van der Waals surface area contributed by atoms with Gasteiger partial charge in [-0.05, 0) is 6.92 Å². The van der Waals surface area contributed by atoms with E-state index in [1.807, 2.05) is 6.92 Å². The van der Waals surface area contributed by atoms with Gasteiger partial charge in [0.25, 0.3) is 0 Å². The van der Waals surface area contributed by atoms with Gasteiger partial charge < -0.3 is 11.2 Å². The molecule has 0 saturated heterocycles. The Labute approximate surface area is 37.2 Å². The van der Waals surface area contributed by atoms with Crippen molar-refractivity contribution in [1.82, 2.24) is 5.43 Å². The average molecular weight is 87.1 g/mol. The lowest BCUT2D eigenvalue weighted by Crippen LogP contribution is -2.05. The molecule has 0 atom stereocenters. The molecular weight excluding hydrogens is 78.1 g/mol. The summed E-state index contributed by atoms with van der Waals surface area (Å²) in [4.78, 5) is 0. The minimum absolute atomic E-state index is 0.827. The molecule has 0 aromatic rings. The van der Waals surface area contributed by atoms with Crippen LogP contribution in [-0.4, -0.2) is 12.9 Å². The van der Waals surface area contributed by atoms with Gasteiger partial charge in [-0.3, -0.25) is 0 Å². The van der Waals surface area contributed by atoms with E-state index in [9.17, 15) is 0 Å². The summed E-state index contributed by atoms with van der Waals surface area (Å²) in [7, 11) is 0. The third-order valence-corrected chi connectivity index (χ3v) is 0.324. The lowest BCUT2D eigenvalue weighted by atomic mass is 10.8. The predicted molar refractivity (Wildman–Crippen MR) is 26.4 cm³/mol. The number of hydrogen-bond donors (Lipinski definition) is 2. The highest BCUT2D eigenvalue weighted by atomic mass is 15.3. The van der Waals surface area contributed by atoms with Crippen molar-refractivity contribution in [3.63, 3.8) is 0 Å². The normalized spacial score (nSPS) is 9.50. The standard InChI is InChI=1S/C3H9N3/c1-2-5-6-3-4/h3,5H,2H2,1H3,(H2,4,6). The zero-order chi connectivity index (χ0) is 4.83. The highest BCUT2D eigenvalue weighted by Crippen LogP contribution is 1.47. The van der Waals surface area contributed by atoms with E-state index in [2.05, 4.69) is 10.5 Å². The summed E-state index contributed by atoms with van der Waals surface area (Å²) in [5, 5.41) is 3.49. The van der Waals surface area contributed by atoms with Crippen LogP contribution in [0.4, 0.5) is 0 Å². The van der Waals surface area contributed by atoms with Crippen LogP contribution in [0.2, 0.25) is 0 Å². The molecule has 0 amide bonds. The van der Waals surface area contributed by atoms with Gasteiger partial charge in [0.1, 0.15) is 6.34 Å². The van der Waals surface area contributed by atoms with Crippen molar-refractivity contribution in [3.05, 3.63) is 0 Å². The molecule has 0 fully saturated rings. The summed E-state index contributed by atoms with van der Waals surface area (Å²) in [6.07, 6.45) is 1.23. The van der Waals surface area contributed by atoms with Gasteiger partial charge in [-0.15, -0.1) is 0 Å². The number of rotatable bonds is 2. The molecule has 0 radical (unpaired) electrons. The topological polar surface area (TPSA) is 50.4 Å². The maximum Gasteiger partial charge on any atom is 0.106 e. The van der Waals surface area contributed by atoms with E-state index < -0.39 is 0 Å². The molecule has 0 heterocycles. The Morgan fingerprint density at radius 3 is 2.83 bits per heavy atom. The van der Waals surface area contributed by atoms with Crippen molar-refractivity contribution >= 4 is 6.34 Å². The number of nitrogens with zero attached hydrogens (tertiary/aromatic N) is 1. The molecule has 0 bridgehead atoms. The van der Waals surface area contributed by atoms with E-state index in [4.69, 9.17) is 5.73 Å². The van der Waals surface area contributed by atoms with Crippen LogP contribution < -0.4 is 11.2 Å². The first-order valence-electron chi connectivity index (χ1n) is 1.88. The fourth-order valence-electron chi connectivity index (χ4n) is 0.144. The minimum Gasteiger partial charge on any atom is -0.388 e. The average Bonchev–Trinajstić information content (AvgIpc) is 1.61. The molecule has 3 nitrogen and oxygen atoms in total. The van der Waals surface area contributed by atoms with E-state index in [1.165, 1.54) is 6.34 Å². The molecule has 3 N–H and O–H groups in total. The summed E-state index contributed by atoms with van der Waals surface area (Å²) in [6, 6.07) is 0. The molecule has 0 aromatic carbocycles. The van der Waals surface area contributed by atoms with Gasteiger partial charge in [0.2, 0.25) is 0 Å². The van der Waals surface area contributed by atoms with E-state index >= 15 is 0 Å². The van der Waals surface area contributed by atoms with E-state index in [-0.39, 0.29) is 0 Å². The van der Waals surface area contributed by atoms with Crippen LogP contribution in [0.15, 0.2) is 5.10 Å². The van der Waals surface area contributed by atoms with Gasteiger partial charge in [-0.25, -0.2) is 0 Å². The monoisotopic (exact) mass is 87.1 g/mol. The number of nitrogens with one attached hydrogen (secondary N) is 1. The largest absolute Gasteiger partial charge is 0.388 e. The Balaban J connectivity index is 2.66. The van der Waals surface area contributed by atoms with E-state index in [0.29, 0.717) is 0 Å². The highest BCUT2D eigenvalue weighted by molar-refractivity contribution is 5.50. The SMILES string of the molecule is CCN/N=C/N. The smallest absolute Gasteiger partial charge is 0.106 e. The molecule has 0 aromatic heterocycles. The fourth-order valence-corrected chi connectivity index (χ4v) is 0.144. The minimum atomic E-state index is 0.827. The Morgan fingerprint density at radius 1 is 2.00 bits per heavy atom. The quantitative estimate of drug-likeness (QED) is 0.271. The molecule has 3 heteroatoms. The Bertz CT molecular complexity index is 41.3. The number of hydrogen-bond acceptors (Lipinski definition) is 2. The zero-order valence-corrected chi connectivity index (χ0v) is 3.81. The molecule has 6 heavy (non-hydrogen) atoms. The summed E-state index contributed by atoms with van der Waals surface area (Å²) in [5.74, 6) is 0. The van der Waals surface area contributed by atoms with Crippen LogP contribution in [0, 0.1) is 0 Å². The first-order valence-corrected chi connectivity index (χ1v) is 1.88. The van der Waals surface area contributed by atoms with Gasteiger partial charge in [-0.1, -0.05) is 0 Å². The van der Waals surface area contributed by atoms with Crippen molar-refractivity contribution in [1.29, 1.82) is 0 Å².